The normalized spacial score (nSPS) is 11.8. The van der Waals surface area contributed by atoms with E-state index in [1.807, 2.05) is 37.3 Å². The maximum atomic E-state index is 13.1. The molecule has 0 aliphatic rings. The molecule has 6 heteroatoms. The average Bonchev–Trinajstić information content (AvgIpc) is 2.63. The largest absolute Gasteiger partial charge is 0.355 e. The van der Waals surface area contributed by atoms with Crippen LogP contribution >= 0.6 is 0 Å². The first kappa shape index (κ1) is 19.6. The minimum atomic E-state index is -0.645. The predicted molar refractivity (Wildman–Crippen MR) is 100 cm³/mol. The Morgan fingerprint density at radius 1 is 1.08 bits per heavy atom. The third kappa shape index (κ3) is 5.67. The number of hydrogen-bond acceptors (Lipinski definition) is 3. The Balaban J connectivity index is 2.16. The summed E-state index contributed by atoms with van der Waals surface area (Å²) in [4.78, 5) is 26.6. The summed E-state index contributed by atoms with van der Waals surface area (Å²) >= 11 is 0. The minimum Gasteiger partial charge on any atom is -0.355 e. The lowest BCUT2D eigenvalue weighted by Gasteiger charge is -2.27. The molecule has 2 amide bonds. The van der Waals surface area contributed by atoms with Gasteiger partial charge in [-0.15, -0.1) is 0 Å². The van der Waals surface area contributed by atoms with Gasteiger partial charge in [0.2, 0.25) is 11.8 Å². The molecule has 138 valence electrons. The number of amides is 2. The van der Waals surface area contributed by atoms with Crippen LogP contribution < -0.4 is 10.6 Å². The molecular formula is C20H24FN3O2. The summed E-state index contributed by atoms with van der Waals surface area (Å²) in [5, 5.41) is 5.60. The fourth-order valence-corrected chi connectivity index (χ4v) is 2.62. The van der Waals surface area contributed by atoms with Crippen molar-refractivity contribution in [1.82, 2.24) is 10.2 Å². The fourth-order valence-electron chi connectivity index (χ4n) is 2.62. The van der Waals surface area contributed by atoms with E-state index in [0.717, 1.165) is 12.0 Å². The van der Waals surface area contributed by atoms with Gasteiger partial charge in [0, 0.05) is 12.2 Å². The van der Waals surface area contributed by atoms with Crippen molar-refractivity contribution >= 4 is 17.5 Å². The SMILES string of the molecule is CCCNC(=O)CN(C)[C@@H](C(=O)Nc1ccc(F)cc1)c1ccccc1. The van der Waals surface area contributed by atoms with E-state index in [0.29, 0.717) is 12.2 Å². The van der Waals surface area contributed by atoms with Crippen LogP contribution in [0.4, 0.5) is 10.1 Å². The molecule has 0 unspecified atom stereocenters. The fraction of sp³-hybridized carbons (Fsp3) is 0.300. The van der Waals surface area contributed by atoms with Crippen LogP contribution in [0.3, 0.4) is 0 Å². The van der Waals surface area contributed by atoms with E-state index < -0.39 is 6.04 Å². The Bertz CT molecular complexity index is 720. The van der Waals surface area contributed by atoms with Gasteiger partial charge < -0.3 is 10.6 Å². The molecule has 0 aliphatic carbocycles. The van der Waals surface area contributed by atoms with Crippen molar-refractivity contribution in [2.45, 2.75) is 19.4 Å². The first-order chi connectivity index (χ1) is 12.5. The Labute approximate surface area is 153 Å². The number of carbonyl (C=O) groups excluding carboxylic acids is 2. The first-order valence-electron chi connectivity index (χ1n) is 8.59. The van der Waals surface area contributed by atoms with E-state index >= 15 is 0 Å². The van der Waals surface area contributed by atoms with Crippen LogP contribution in [0.5, 0.6) is 0 Å². The summed E-state index contributed by atoms with van der Waals surface area (Å²) in [6.45, 7) is 2.67. The Morgan fingerprint density at radius 3 is 2.35 bits per heavy atom. The van der Waals surface area contributed by atoms with E-state index in [1.54, 1.807) is 11.9 Å². The van der Waals surface area contributed by atoms with Gasteiger partial charge in [-0.05, 0) is 43.3 Å². The van der Waals surface area contributed by atoms with Crippen LogP contribution in [-0.4, -0.2) is 36.9 Å². The summed E-state index contributed by atoms with van der Waals surface area (Å²) in [6.07, 6.45) is 0.850. The van der Waals surface area contributed by atoms with Gasteiger partial charge in [-0.3, -0.25) is 14.5 Å². The van der Waals surface area contributed by atoms with Crippen molar-refractivity contribution in [2.75, 3.05) is 25.5 Å². The first-order valence-corrected chi connectivity index (χ1v) is 8.59. The molecule has 0 spiro atoms. The van der Waals surface area contributed by atoms with Gasteiger partial charge in [-0.25, -0.2) is 4.39 Å². The maximum absolute atomic E-state index is 13.1. The zero-order valence-corrected chi connectivity index (χ0v) is 15.0. The Hall–Kier alpha value is -2.73. The number of rotatable bonds is 8. The number of anilines is 1. The molecule has 2 N–H and O–H groups in total. The van der Waals surface area contributed by atoms with Gasteiger partial charge in [0.25, 0.3) is 0 Å². The second-order valence-electron chi connectivity index (χ2n) is 6.07. The quantitative estimate of drug-likeness (QED) is 0.764. The molecule has 0 radical (unpaired) electrons. The van der Waals surface area contributed by atoms with Gasteiger partial charge >= 0.3 is 0 Å². The summed E-state index contributed by atoms with van der Waals surface area (Å²) in [7, 11) is 1.73. The number of benzene rings is 2. The van der Waals surface area contributed by atoms with E-state index in [4.69, 9.17) is 0 Å². The number of carbonyl (C=O) groups is 2. The lowest BCUT2D eigenvalue weighted by Crippen LogP contribution is -2.41. The van der Waals surface area contributed by atoms with Gasteiger partial charge in [-0.1, -0.05) is 37.3 Å². The average molecular weight is 357 g/mol. The highest BCUT2D eigenvalue weighted by Crippen LogP contribution is 2.21. The van der Waals surface area contributed by atoms with E-state index in [-0.39, 0.29) is 24.2 Å². The van der Waals surface area contributed by atoms with Crippen molar-refractivity contribution in [3.05, 3.63) is 66.0 Å². The van der Waals surface area contributed by atoms with E-state index in [1.165, 1.54) is 24.3 Å². The predicted octanol–water partition coefficient (Wildman–Crippen LogP) is 2.96. The number of likely N-dealkylation sites (N-methyl/N-ethyl adjacent to an activating group) is 1. The number of nitrogens with one attached hydrogen (secondary N) is 2. The summed E-state index contributed by atoms with van der Waals surface area (Å²) in [6, 6.07) is 14.2. The summed E-state index contributed by atoms with van der Waals surface area (Å²) in [5.41, 5.74) is 1.28. The Kier molecular flexibility index (Phi) is 7.29. The molecule has 2 aromatic rings. The van der Waals surface area contributed by atoms with Crippen LogP contribution in [0.15, 0.2) is 54.6 Å². The molecule has 2 aromatic carbocycles. The monoisotopic (exact) mass is 357 g/mol. The topological polar surface area (TPSA) is 61.4 Å². The van der Waals surface area contributed by atoms with E-state index in [9.17, 15) is 14.0 Å². The van der Waals surface area contributed by atoms with Crippen molar-refractivity contribution < 1.29 is 14.0 Å². The zero-order chi connectivity index (χ0) is 18.9. The lowest BCUT2D eigenvalue weighted by atomic mass is 10.0. The molecule has 0 saturated carbocycles. The van der Waals surface area contributed by atoms with Crippen molar-refractivity contribution in [2.24, 2.45) is 0 Å². The third-order valence-corrected chi connectivity index (χ3v) is 3.88. The molecular weight excluding hydrogens is 333 g/mol. The molecule has 5 nitrogen and oxygen atoms in total. The molecule has 0 aliphatic heterocycles. The highest BCUT2D eigenvalue weighted by Gasteiger charge is 2.26. The minimum absolute atomic E-state index is 0.0936. The van der Waals surface area contributed by atoms with Crippen molar-refractivity contribution in [3.63, 3.8) is 0 Å². The molecule has 0 heterocycles. The van der Waals surface area contributed by atoms with Crippen molar-refractivity contribution in [3.8, 4) is 0 Å². The molecule has 26 heavy (non-hydrogen) atoms. The molecule has 2 rings (SSSR count). The van der Waals surface area contributed by atoms with Crippen LogP contribution in [0.2, 0.25) is 0 Å². The number of halogens is 1. The smallest absolute Gasteiger partial charge is 0.246 e. The molecule has 1 atom stereocenters. The third-order valence-electron chi connectivity index (χ3n) is 3.88. The summed E-state index contributed by atoms with van der Waals surface area (Å²) in [5.74, 6) is -0.786. The number of hydrogen-bond donors (Lipinski definition) is 2. The van der Waals surface area contributed by atoms with Crippen LogP contribution in [0, 0.1) is 5.82 Å². The summed E-state index contributed by atoms with van der Waals surface area (Å²) < 4.78 is 13.1. The van der Waals surface area contributed by atoms with Gasteiger partial charge in [-0.2, -0.15) is 0 Å². The van der Waals surface area contributed by atoms with Crippen LogP contribution in [0.25, 0.3) is 0 Å². The number of nitrogens with zero attached hydrogens (tertiary/aromatic N) is 1. The standard InChI is InChI=1S/C20H24FN3O2/c1-3-13-22-18(25)14-24(2)19(15-7-5-4-6-8-15)20(26)23-17-11-9-16(21)10-12-17/h4-12,19H,3,13-14H2,1-2H3,(H,22,25)(H,23,26)/t19-/m1/s1. The molecule has 0 fully saturated rings. The van der Waals surface area contributed by atoms with Crippen LogP contribution in [-0.2, 0) is 9.59 Å². The van der Waals surface area contributed by atoms with Gasteiger partial charge in [0.1, 0.15) is 11.9 Å². The second-order valence-corrected chi connectivity index (χ2v) is 6.07. The molecule has 0 bridgehead atoms. The van der Waals surface area contributed by atoms with Gasteiger partial charge in [0.15, 0.2) is 0 Å². The lowest BCUT2D eigenvalue weighted by molar-refractivity contribution is -0.125. The second kappa shape index (κ2) is 9.68. The Morgan fingerprint density at radius 2 is 1.73 bits per heavy atom. The zero-order valence-electron chi connectivity index (χ0n) is 15.0. The highest BCUT2D eigenvalue weighted by atomic mass is 19.1. The highest BCUT2D eigenvalue weighted by molar-refractivity contribution is 5.95. The molecule has 0 saturated heterocycles. The van der Waals surface area contributed by atoms with Crippen LogP contribution in [0.1, 0.15) is 24.9 Å². The maximum Gasteiger partial charge on any atom is 0.246 e. The van der Waals surface area contributed by atoms with E-state index in [2.05, 4.69) is 10.6 Å². The van der Waals surface area contributed by atoms with Gasteiger partial charge in [0.05, 0.1) is 6.54 Å². The molecule has 0 aromatic heterocycles. The van der Waals surface area contributed by atoms with Crippen molar-refractivity contribution in [1.29, 1.82) is 0 Å².